The van der Waals surface area contributed by atoms with Gasteiger partial charge in [-0.3, -0.25) is 9.69 Å². The summed E-state index contributed by atoms with van der Waals surface area (Å²) in [6.45, 7) is 6.27. The molecule has 3 rings (SSSR count). The van der Waals surface area contributed by atoms with Crippen molar-refractivity contribution >= 4 is 39.3 Å². The van der Waals surface area contributed by atoms with Gasteiger partial charge in [-0.2, -0.15) is 0 Å². The Bertz CT molecular complexity index is 915. The predicted molar refractivity (Wildman–Crippen MR) is 128 cm³/mol. The van der Waals surface area contributed by atoms with E-state index in [1.807, 2.05) is 42.5 Å². The van der Waals surface area contributed by atoms with Gasteiger partial charge in [0, 0.05) is 42.8 Å². The van der Waals surface area contributed by atoms with E-state index in [0.29, 0.717) is 30.3 Å². The number of carbonyl (C=O) groups is 2. The SMILES string of the molecule is CCN(CC)c1ccc(NC(=O)[C@]2(N(CCBr)C(=O)O)CCc3ccccc3C2)cc1. The number of alkyl halides is 1. The molecule has 1 aliphatic carbocycles. The molecule has 0 saturated carbocycles. The summed E-state index contributed by atoms with van der Waals surface area (Å²) < 4.78 is 0. The fourth-order valence-corrected chi connectivity index (χ4v) is 4.79. The lowest BCUT2D eigenvalue weighted by Gasteiger charge is -2.44. The van der Waals surface area contributed by atoms with E-state index < -0.39 is 11.6 Å². The highest BCUT2D eigenvalue weighted by molar-refractivity contribution is 9.09. The molecule has 166 valence electrons. The molecule has 0 heterocycles. The summed E-state index contributed by atoms with van der Waals surface area (Å²) in [6, 6.07) is 15.7. The second-order valence-corrected chi connectivity index (χ2v) is 8.57. The molecule has 7 heteroatoms. The van der Waals surface area contributed by atoms with E-state index in [2.05, 4.69) is 46.1 Å². The number of nitrogens with zero attached hydrogens (tertiary/aromatic N) is 2. The number of amides is 2. The Morgan fingerprint density at radius 1 is 1.06 bits per heavy atom. The third-order valence-corrected chi connectivity index (χ3v) is 6.50. The van der Waals surface area contributed by atoms with E-state index in [-0.39, 0.29) is 12.5 Å². The van der Waals surface area contributed by atoms with Crippen LogP contribution < -0.4 is 10.2 Å². The fourth-order valence-electron chi connectivity index (χ4n) is 4.43. The van der Waals surface area contributed by atoms with Crippen molar-refractivity contribution in [3.63, 3.8) is 0 Å². The van der Waals surface area contributed by atoms with E-state index in [9.17, 15) is 14.7 Å². The van der Waals surface area contributed by atoms with Gasteiger partial charge in [-0.1, -0.05) is 40.2 Å². The number of benzene rings is 2. The molecule has 2 aromatic carbocycles. The van der Waals surface area contributed by atoms with Crippen molar-refractivity contribution in [1.29, 1.82) is 0 Å². The number of aryl methyl sites for hydroxylation is 1. The van der Waals surface area contributed by atoms with Gasteiger partial charge in [0.25, 0.3) is 5.91 Å². The maximum Gasteiger partial charge on any atom is 0.408 e. The van der Waals surface area contributed by atoms with Crippen LogP contribution >= 0.6 is 15.9 Å². The molecule has 31 heavy (non-hydrogen) atoms. The molecule has 6 nitrogen and oxygen atoms in total. The van der Waals surface area contributed by atoms with Gasteiger partial charge in [0.05, 0.1) is 0 Å². The van der Waals surface area contributed by atoms with Crippen LogP contribution in [0, 0.1) is 0 Å². The van der Waals surface area contributed by atoms with Crippen molar-refractivity contribution in [1.82, 2.24) is 4.90 Å². The Kier molecular flexibility index (Phi) is 7.59. The minimum Gasteiger partial charge on any atom is -0.465 e. The number of carboxylic acid groups (broad SMARTS) is 1. The number of halogens is 1. The number of nitrogens with one attached hydrogen (secondary N) is 1. The average Bonchev–Trinajstić information content (AvgIpc) is 2.78. The van der Waals surface area contributed by atoms with Crippen LogP contribution in [-0.2, 0) is 17.6 Å². The maximum atomic E-state index is 13.6. The summed E-state index contributed by atoms with van der Waals surface area (Å²) in [7, 11) is 0. The summed E-state index contributed by atoms with van der Waals surface area (Å²) in [5, 5.41) is 13.4. The van der Waals surface area contributed by atoms with Crippen molar-refractivity contribution < 1.29 is 14.7 Å². The van der Waals surface area contributed by atoms with Gasteiger partial charge < -0.3 is 15.3 Å². The highest BCUT2D eigenvalue weighted by Gasteiger charge is 2.48. The maximum absolute atomic E-state index is 13.6. The molecular formula is C24H30BrN3O3. The third kappa shape index (κ3) is 4.87. The Morgan fingerprint density at radius 3 is 2.29 bits per heavy atom. The minimum atomic E-state index is -1.15. The molecule has 0 aliphatic heterocycles. The van der Waals surface area contributed by atoms with Crippen molar-refractivity contribution in [3.05, 3.63) is 59.7 Å². The topological polar surface area (TPSA) is 72.9 Å². The quantitative estimate of drug-likeness (QED) is 0.525. The van der Waals surface area contributed by atoms with E-state index >= 15 is 0 Å². The Balaban J connectivity index is 1.91. The van der Waals surface area contributed by atoms with E-state index in [0.717, 1.165) is 24.3 Å². The normalized spacial score (nSPS) is 17.5. The van der Waals surface area contributed by atoms with Crippen LogP contribution in [0.5, 0.6) is 0 Å². The monoisotopic (exact) mass is 487 g/mol. The Hall–Kier alpha value is -2.54. The van der Waals surface area contributed by atoms with Crippen molar-refractivity contribution in [2.75, 3.05) is 35.2 Å². The van der Waals surface area contributed by atoms with E-state index in [4.69, 9.17) is 0 Å². The summed E-state index contributed by atoms with van der Waals surface area (Å²) >= 11 is 3.35. The second kappa shape index (κ2) is 10.2. The van der Waals surface area contributed by atoms with Gasteiger partial charge in [0.15, 0.2) is 0 Å². The van der Waals surface area contributed by atoms with Crippen molar-refractivity contribution in [2.45, 2.75) is 38.6 Å². The summed E-state index contributed by atoms with van der Waals surface area (Å²) in [5.41, 5.74) is 2.82. The van der Waals surface area contributed by atoms with Crippen LogP contribution in [0.4, 0.5) is 16.2 Å². The molecule has 0 unspecified atom stereocenters. The predicted octanol–water partition coefficient (Wildman–Crippen LogP) is 4.77. The molecule has 1 aliphatic rings. The zero-order valence-electron chi connectivity index (χ0n) is 18.1. The highest BCUT2D eigenvalue weighted by atomic mass is 79.9. The number of hydrogen-bond acceptors (Lipinski definition) is 3. The van der Waals surface area contributed by atoms with Gasteiger partial charge in [0.2, 0.25) is 0 Å². The molecular weight excluding hydrogens is 458 g/mol. The highest BCUT2D eigenvalue weighted by Crippen LogP contribution is 2.35. The lowest BCUT2D eigenvalue weighted by Crippen LogP contribution is -2.62. The molecule has 0 fully saturated rings. The smallest absolute Gasteiger partial charge is 0.408 e. The Morgan fingerprint density at radius 2 is 1.71 bits per heavy atom. The molecule has 0 bridgehead atoms. The number of carbonyl (C=O) groups excluding carboxylic acids is 1. The van der Waals surface area contributed by atoms with E-state index in [1.165, 1.54) is 10.5 Å². The number of rotatable bonds is 8. The molecule has 0 radical (unpaired) electrons. The second-order valence-electron chi connectivity index (χ2n) is 7.77. The van der Waals surface area contributed by atoms with Crippen LogP contribution in [0.2, 0.25) is 0 Å². The molecule has 0 aromatic heterocycles. The zero-order valence-corrected chi connectivity index (χ0v) is 19.7. The molecule has 2 amide bonds. The molecule has 1 atom stereocenters. The van der Waals surface area contributed by atoms with Crippen LogP contribution in [0.3, 0.4) is 0 Å². The molecule has 2 N–H and O–H groups in total. The lowest BCUT2D eigenvalue weighted by atomic mass is 9.76. The van der Waals surface area contributed by atoms with Gasteiger partial charge in [-0.25, -0.2) is 4.79 Å². The summed E-state index contributed by atoms with van der Waals surface area (Å²) in [5.74, 6) is -0.277. The van der Waals surface area contributed by atoms with Gasteiger partial charge >= 0.3 is 6.09 Å². The van der Waals surface area contributed by atoms with Crippen LogP contribution in [0.15, 0.2) is 48.5 Å². The minimum absolute atomic E-state index is 0.242. The Labute approximate surface area is 192 Å². The van der Waals surface area contributed by atoms with Crippen LogP contribution in [0.25, 0.3) is 0 Å². The van der Waals surface area contributed by atoms with Crippen molar-refractivity contribution in [3.8, 4) is 0 Å². The van der Waals surface area contributed by atoms with Gasteiger partial charge in [0.1, 0.15) is 5.54 Å². The van der Waals surface area contributed by atoms with Gasteiger partial charge in [-0.05, 0) is 62.1 Å². The molecule has 0 spiro atoms. The first-order valence-electron chi connectivity index (χ1n) is 10.7. The third-order valence-electron chi connectivity index (χ3n) is 6.14. The number of fused-ring (bicyclic) bond motifs is 1. The summed E-state index contributed by atoms with van der Waals surface area (Å²) in [6.07, 6.45) is 0.403. The first-order valence-corrected chi connectivity index (χ1v) is 11.9. The van der Waals surface area contributed by atoms with Crippen molar-refractivity contribution in [2.24, 2.45) is 0 Å². The van der Waals surface area contributed by atoms with Crippen LogP contribution in [0.1, 0.15) is 31.4 Å². The number of anilines is 2. The zero-order chi connectivity index (χ0) is 22.4. The first kappa shape index (κ1) is 23.1. The average molecular weight is 488 g/mol. The van der Waals surface area contributed by atoms with Gasteiger partial charge in [-0.15, -0.1) is 0 Å². The lowest BCUT2D eigenvalue weighted by molar-refractivity contribution is -0.127. The van der Waals surface area contributed by atoms with E-state index in [1.54, 1.807) is 0 Å². The molecule has 0 saturated heterocycles. The number of hydrogen-bond donors (Lipinski definition) is 2. The molecule has 2 aromatic rings. The van der Waals surface area contributed by atoms with Crippen LogP contribution in [-0.4, -0.2) is 52.5 Å². The first-order chi connectivity index (χ1) is 14.9. The summed E-state index contributed by atoms with van der Waals surface area (Å²) in [4.78, 5) is 29.3. The standard InChI is InChI=1S/C24H30BrN3O3/c1-3-27(4-2)21-11-9-20(10-12-21)26-22(29)24(28(16-15-25)23(30)31)14-13-18-7-5-6-8-19(18)17-24/h5-12H,3-4,13-17H2,1-2H3,(H,26,29)(H,30,31)/t24-/m0/s1. The fraction of sp³-hybridized carbons (Fsp3) is 0.417. The largest absolute Gasteiger partial charge is 0.465 e.